The third-order valence-corrected chi connectivity index (χ3v) is 6.09. The molecule has 0 spiro atoms. The van der Waals surface area contributed by atoms with Crippen molar-refractivity contribution < 1.29 is 22.4 Å². The van der Waals surface area contributed by atoms with Gasteiger partial charge in [-0.1, -0.05) is 12.1 Å². The van der Waals surface area contributed by atoms with Crippen LogP contribution in [0.15, 0.2) is 57.8 Å². The Kier molecular flexibility index (Phi) is 6.04. The van der Waals surface area contributed by atoms with Crippen LogP contribution in [-0.2, 0) is 6.18 Å². The van der Waals surface area contributed by atoms with Gasteiger partial charge in [-0.05, 0) is 55.5 Å². The monoisotopic (exact) mass is 447 g/mol. The highest BCUT2D eigenvalue weighted by Gasteiger charge is 2.31. The van der Waals surface area contributed by atoms with Gasteiger partial charge < -0.3 is 9.32 Å². The summed E-state index contributed by atoms with van der Waals surface area (Å²) in [5, 5.41) is 8.11. The molecular weight excluding hydrogens is 427 g/mol. The van der Waals surface area contributed by atoms with Crippen molar-refractivity contribution in [3.8, 4) is 11.5 Å². The molecule has 1 aliphatic rings. The van der Waals surface area contributed by atoms with Gasteiger partial charge >= 0.3 is 6.18 Å². The zero-order valence-electron chi connectivity index (χ0n) is 16.7. The molecule has 2 aromatic carbocycles. The van der Waals surface area contributed by atoms with Gasteiger partial charge in [-0.2, -0.15) is 13.2 Å². The van der Waals surface area contributed by atoms with Gasteiger partial charge in [0.2, 0.25) is 11.8 Å². The largest absolute Gasteiger partial charge is 0.420 e. The first-order chi connectivity index (χ1) is 14.9. The summed E-state index contributed by atoms with van der Waals surface area (Å²) < 4.78 is 44.0. The maximum Gasteiger partial charge on any atom is 0.416 e. The van der Waals surface area contributed by atoms with Crippen LogP contribution in [0.1, 0.15) is 40.6 Å². The van der Waals surface area contributed by atoms with E-state index in [2.05, 4.69) is 10.2 Å². The molecule has 31 heavy (non-hydrogen) atoms. The number of rotatable bonds is 4. The van der Waals surface area contributed by atoms with E-state index in [1.165, 1.54) is 23.9 Å². The number of amides is 1. The number of aromatic nitrogens is 2. The van der Waals surface area contributed by atoms with Gasteiger partial charge in [0, 0.05) is 23.5 Å². The maximum absolute atomic E-state index is 13.0. The van der Waals surface area contributed by atoms with Gasteiger partial charge in [0.15, 0.2) is 0 Å². The number of carbonyl (C=O) groups is 1. The van der Waals surface area contributed by atoms with Crippen LogP contribution < -0.4 is 0 Å². The van der Waals surface area contributed by atoms with Crippen LogP contribution in [0.25, 0.3) is 11.5 Å². The number of hydrogen-bond donors (Lipinski definition) is 0. The number of likely N-dealkylation sites (tertiary alicyclic amines) is 1. The third kappa shape index (κ3) is 4.61. The SMILES string of the molecule is CSc1ccccc1C(=O)N1CCCC(c2nnc(-c3ccc(C(F)(F)F)cc3)o2)C1. The molecule has 0 radical (unpaired) electrons. The smallest absolute Gasteiger partial charge is 0.416 e. The molecule has 0 saturated carbocycles. The van der Waals surface area contributed by atoms with E-state index in [1.807, 2.05) is 30.5 Å². The van der Waals surface area contributed by atoms with Gasteiger partial charge in [-0.3, -0.25) is 4.79 Å². The molecule has 1 aliphatic heterocycles. The summed E-state index contributed by atoms with van der Waals surface area (Å²) in [6.07, 6.45) is -0.865. The average molecular weight is 447 g/mol. The molecule has 0 bridgehead atoms. The fourth-order valence-corrected chi connectivity index (χ4v) is 4.26. The van der Waals surface area contributed by atoms with Crippen LogP contribution in [-0.4, -0.2) is 40.3 Å². The lowest BCUT2D eigenvalue weighted by Crippen LogP contribution is -2.39. The Balaban J connectivity index is 1.49. The molecule has 162 valence electrons. The summed E-state index contributed by atoms with van der Waals surface area (Å²) in [5.74, 6) is 0.414. The van der Waals surface area contributed by atoms with Crippen LogP contribution in [0.5, 0.6) is 0 Å². The molecular formula is C22H20F3N3O2S. The molecule has 4 rings (SSSR count). The van der Waals surface area contributed by atoms with E-state index in [0.29, 0.717) is 30.1 Å². The molecule has 2 heterocycles. The summed E-state index contributed by atoms with van der Waals surface area (Å²) in [4.78, 5) is 15.8. The lowest BCUT2D eigenvalue weighted by molar-refractivity contribution is -0.137. The first kappa shape index (κ1) is 21.4. The third-order valence-electron chi connectivity index (χ3n) is 5.30. The highest BCUT2D eigenvalue weighted by Crippen LogP contribution is 2.33. The maximum atomic E-state index is 13.0. The lowest BCUT2D eigenvalue weighted by Gasteiger charge is -2.31. The van der Waals surface area contributed by atoms with E-state index in [9.17, 15) is 18.0 Å². The second kappa shape index (κ2) is 8.74. The van der Waals surface area contributed by atoms with Gasteiger partial charge in [-0.15, -0.1) is 22.0 Å². The highest BCUT2D eigenvalue weighted by atomic mass is 32.2. The Morgan fingerprint density at radius 1 is 1.13 bits per heavy atom. The Hall–Kier alpha value is -2.81. The zero-order chi connectivity index (χ0) is 22.0. The van der Waals surface area contributed by atoms with Crippen molar-refractivity contribution in [2.75, 3.05) is 19.3 Å². The zero-order valence-corrected chi connectivity index (χ0v) is 17.5. The molecule has 0 aliphatic carbocycles. The Labute approximate surface area is 181 Å². The predicted octanol–water partition coefficient (Wildman–Crippen LogP) is 5.50. The summed E-state index contributed by atoms with van der Waals surface area (Å²) in [6.45, 7) is 1.11. The fraction of sp³-hybridized carbons (Fsp3) is 0.318. The molecule has 0 N–H and O–H groups in total. The molecule has 3 aromatic rings. The minimum atomic E-state index is -4.40. The van der Waals surface area contributed by atoms with Crippen molar-refractivity contribution in [2.45, 2.75) is 29.8 Å². The Morgan fingerprint density at radius 2 is 1.87 bits per heavy atom. The standard InChI is InChI=1S/C22H20F3N3O2S/c1-31-18-7-3-2-6-17(18)21(29)28-12-4-5-15(13-28)20-27-26-19(30-20)14-8-10-16(11-9-14)22(23,24)25/h2-3,6-11,15H,4-5,12-13H2,1H3. The first-order valence-corrected chi connectivity index (χ1v) is 11.0. The first-order valence-electron chi connectivity index (χ1n) is 9.80. The predicted molar refractivity (Wildman–Crippen MR) is 111 cm³/mol. The van der Waals surface area contributed by atoms with Crippen LogP contribution in [0.2, 0.25) is 0 Å². The second-order valence-electron chi connectivity index (χ2n) is 7.31. The minimum absolute atomic E-state index is 0.0304. The topological polar surface area (TPSA) is 59.2 Å². The van der Waals surface area contributed by atoms with Crippen molar-refractivity contribution in [1.82, 2.24) is 15.1 Å². The molecule has 1 unspecified atom stereocenters. The number of carbonyl (C=O) groups excluding carboxylic acids is 1. The van der Waals surface area contributed by atoms with E-state index >= 15 is 0 Å². The Morgan fingerprint density at radius 3 is 2.58 bits per heavy atom. The number of halogens is 3. The van der Waals surface area contributed by atoms with Crippen molar-refractivity contribution in [3.05, 3.63) is 65.5 Å². The molecule has 1 atom stereocenters. The summed E-state index contributed by atoms with van der Waals surface area (Å²) in [5.41, 5.74) is 0.360. The van der Waals surface area contributed by atoms with E-state index < -0.39 is 11.7 Å². The average Bonchev–Trinajstić information content (AvgIpc) is 3.28. The van der Waals surface area contributed by atoms with Crippen LogP contribution in [0.3, 0.4) is 0 Å². The van der Waals surface area contributed by atoms with Gasteiger partial charge in [0.1, 0.15) is 0 Å². The van der Waals surface area contributed by atoms with Gasteiger partial charge in [0.05, 0.1) is 17.0 Å². The van der Waals surface area contributed by atoms with Gasteiger partial charge in [0.25, 0.3) is 5.91 Å². The minimum Gasteiger partial charge on any atom is -0.420 e. The van der Waals surface area contributed by atoms with E-state index in [0.717, 1.165) is 29.9 Å². The van der Waals surface area contributed by atoms with Crippen molar-refractivity contribution in [1.29, 1.82) is 0 Å². The number of hydrogen-bond acceptors (Lipinski definition) is 5. The highest BCUT2D eigenvalue weighted by molar-refractivity contribution is 7.98. The van der Waals surface area contributed by atoms with Crippen LogP contribution >= 0.6 is 11.8 Å². The molecule has 5 nitrogen and oxygen atoms in total. The number of piperidine rings is 1. The molecule has 1 aromatic heterocycles. The van der Waals surface area contributed by atoms with E-state index in [1.54, 1.807) is 4.90 Å². The number of thioether (sulfide) groups is 1. The normalized spacial score (nSPS) is 17.0. The quantitative estimate of drug-likeness (QED) is 0.495. The van der Waals surface area contributed by atoms with E-state index in [4.69, 9.17) is 4.42 Å². The van der Waals surface area contributed by atoms with Crippen molar-refractivity contribution in [2.24, 2.45) is 0 Å². The number of benzene rings is 2. The van der Waals surface area contributed by atoms with Gasteiger partial charge in [-0.25, -0.2) is 0 Å². The summed E-state index contributed by atoms with van der Waals surface area (Å²) in [7, 11) is 0. The number of alkyl halides is 3. The second-order valence-corrected chi connectivity index (χ2v) is 8.16. The molecule has 9 heteroatoms. The van der Waals surface area contributed by atoms with E-state index in [-0.39, 0.29) is 17.7 Å². The number of nitrogens with zero attached hydrogens (tertiary/aromatic N) is 3. The van der Waals surface area contributed by atoms with Crippen LogP contribution in [0, 0.1) is 0 Å². The summed E-state index contributed by atoms with van der Waals surface area (Å²) in [6, 6.07) is 12.1. The summed E-state index contributed by atoms with van der Waals surface area (Å²) >= 11 is 1.53. The Bertz CT molecular complexity index is 1070. The molecule has 1 saturated heterocycles. The van der Waals surface area contributed by atoms with Crippen molar-refractivity contribution >= 4 is 17.7 Å². The van der Waals surface area contributed by atoms with Crippen molar-refractivity contribution in [3.63, 3.8) is 0 Å². The molecule has 1 amide bonds. The fourth-order valence-electron chi connectivity index (χ4n) is 3.67. The lowest BCUT2D eigenvalue weighted by atomic mass is 9.97. The molecule has 1 fully saturated rings. The van der Waals surface area contributed by atoms with Crippen LogP contribution in [0.4, 0.5) is 13.2 Å².